The van der Waals surface area contributed by atoms with Crippen molar-refractivity contribution in [3.8, 4) is 0 Å². The highest BCUT2D eigenvalue weighted by Crippen LogP contribution is 2.14. The van der Waals surface area contributed by atoms with Crippen LogP contribution in [-0.4, -0.2) is 37.2 Å². The molecule has 1 atom stereocenters. The zero-order chi connectivity index (χ0) is 47.9. The number of ether oxygens (including phenoxy) is 3. The van der Waals surface area contributed by atoms with E-state index in [-0.39, 0.29) is 37.5 Å². The summed E-state index contributed by atoms with van der Waals surface area (Å²) < 4.78 is 16.7. The van der Waals surface area contributed by atoms with Gasteiger partial charge in [0.15, 0.2) is 6.10 Å². The van der Waals surface area contributed by atoms with Crippen LogP contribution in [0.15, 0.2) is 97.2 Å². The first kappa shape index (κ1) is 62.3. The number of carbonyl (C=O) groups excluding carboxylic acids is 3. The number of rotatable bonds is 48. The molecule has 0 aromatic rings. The molecule has 0 amide bonds. The van der Waals surface area contributed by atoms with Gasteiger partial charge in [0, 0.05) is 19.3 Å². The third-order valence-electron chi connectivity index (χ3n) is 11.4. The van der Waals surface area contributed by atoms with Gasteiger partial charge >= 0.3 is 17.9 Å². The van der Waals surface area contributed by atoms with Crippen LogP contribution in [0.5, 0.6) is 0 Å². The Labute approximate surface area is 407 Å². The molecule has 0 spiro atoms. The average molecular weight is 917 g/mol. The summed E-state index contributed by atoms with van der Waals surface area (Å²) in [7, 11) is 0. The summed E-state index contributed by atoms with van der Waals surface area (Å²) in [6.45, 7) is 6.39. The van der Waals surface area contributed by atoms with E-state index < -0.39 is 6.10 Å². The van der Waals surface area contributed by atoms with Crippen molar-refractivity contribution in [2.24, 2.45) is 0 Å². The van der Waals surface area contributed by atoms with E-state index in [1.165, 1.54) is 122 Å². The lowest BCUT2D eigenvalue weighted by atomic mass is 10.1. The van der Waals surface area contributed by atoms with Crippen LogP contribution >= 0.6 is 0 Å². The quantitative estimate of drug-likeness (QED) is 0.0199. The highest BCUT2D eigenvalue weighted by molar-refractivity contribution is 5.71. The summed E-state index contributed by atoms with van der Waals surface area (Å²) in [5, 5.41) is 0. The molecular weight excluding hydrogens is 817 g/mol. The maximum Gasteiger partial charge on any atom is 0.306 e. The molecule has 376 valence electrons. The lowest BCUT2D eigenvalue weighted by Crippen LogP contribution is -2.30. The summed E-state index contributed by atoms with van der Waals surface area (Å²) in [5.74, 6) is -1.00. The van der Waals surface area contributed by atoms with Crippen molar-refractivity contribution in [1.29, 1.82) is 0 Å². The molecule has 0 N–H and O–H groups in total. The highest BCUT2D eigenvalue weighted by atomic mass is 16.6. The van der Waals surface area contributed by atoms with Crippen LogP contribution in [0.2, 0.25) is 0 Å². The van der Waals surface area contributed by atoms with E-state index in [9.17, 15) is 14.4 Å². The van der Waals surface area contributed by atoms with E-state index in [1.54, 1.807) is 0 Å². The van der Waals surface area contributed by atoms with Crippen molar-refractivity contribution in [3.63, 3.8) is 0 Å². The van der Waals surface area contributed by atoms with Gasteiger partial charge in [-0.2, -0.15) is 0 Å². The number of esters is 3. The third-order valence-corrected chi connectivity index (χ3v) is 11.4. The smallest absolute Gasteiger partial charge is 0.306 e. The number of hydrogen-bond donors (Lipinski definition) is 0. The minimum atomic E-state index is -0.815. The normalized spacial score (nSPS) is 12.8. The average Bonchev–Trinajstić information content (AvgIpc) is 3.31. The first-order valence-electron chi connectivity index (χ1n) is 27.3. The highest BCUT2D eigenvalue weighted by Gasteiger charge is 2.19. The second-order valence-electron chi connectivity index (χ2n) is 17.9. The fraction of sp³-hybridized carbons (Fsp3) is 0.683. The standard InChI is InChI=1S/C60H100O6/c1-4-7-10-13-16-19-22-25-27-29-31-32-35-38-41-44-47-50-53-59(62)65-56-57(55-64-58(61)52-49-46-43-40-37-34-24-21-18-15-12-9-6-3)66-60(63)54-51-48-45-42-39-36-33-30-28-26-23-20-17-14-11-8-5-2/h9,12,15,17-18,20-21,24,26,28,31-32,34,37,40,43,57H,4-8,10-11,13-14,16,19,22-23,25,27,29-30,33,35-36,38-39,41-42,44-56H2,1-3H3/b12-9-,18-15-,20-17-,24-21-,28-26-,32-31-,37-34-,43-40-. The van der Waals surface area contributed by atoms with E-state index in [0.717, 1.165) is 77.0 Å². The Balaban J connectivity index is 4.48. The third kappa shape index (κ3) is 51.3. The van der Waals surface area contributed by atoms with Gasteiger partial charge in [-0.05, 0) is 89.9 Å². The van der Waals surface area contributed by atoms with Crippen LogP contribution in [0.3, 0.4) is 0 Å². The topological polar surface area (TPSA) is 78.9 Å². The molecule has 0 saturated carbocycles. The molecular formula is C60H100O6. The Morgan fingerprint density at radius 1 is 0.333 bits per heavy atom. The predicted octanol–water partition coefficient (Wildman–Crippen LogP) is 18.1. The number of carbonyl (C=O) groups is 3. The first-order chi connectivity index (χ1) is 32.5. The molecule has 6 nitrogen and oxygen atoms in total. The van der Waals surface area contributed by atoms with Crippen molar-refractivity contribution in [1.82, 2.24) is 0 Å². The van der Waals surface area contributed by atoms with E-state index in [0.29, 0.717) is 19.3 Å². The van der Waals surface area contributed by atoms with E-state index >= 15 is 0 Å². The summed E-state index contributed by atoms with van der Waals surface area (Å²) in [6.07, 6.45) is 71.2. The fourth-order valence-corrected chi connectivity index (χ4v) is 7.32. The monoisotopic (exact) mass is 917 g/mol. The van der Waals surface area contributed by atoms with Gasteiger partial charge in [0.25, 0.3) is 0 Å². The van der Waals surface area contributed by atoms with E-state index in [1.807, 2.05) is 54.7 Å². The molecule has 0 rings (SSSR count). The largest absolute Gasteiger partial charge is 0.462 e. The van der Waals surface area contributed by atoms with Gasteiger partial charge in [-0.25, -0.2) is 0 Å². The van der Waals surface area contributed by atoms with Gasteiger partial charge in [0.1, 0.15) is 13.2 Å². The van der Waals surface area contributed by atoms with Crippen LogP contribution in [0.1, 0.15) is 245 Å². The lowest BCUT2D eigenvalue weighted by Gasteiger charge is -2.18. The Kier molecular flexibility index (Phi) is 50.9. The van der Waals surface area contributed by atoms with Gasteiger partial charge in [0.2, 0.25) is 0 Å². The zero-order valence-electron chi connectivity index (χ0n) is 42.9. The molecule has 0 aromatic heterocycles. The van der Waals surface area contributed by atoms with Crippen molar-refractivity contribution in [2.45, 2.75) is 252 Å². The minimum absolute atomic E-state index is 0.108. The SMILES string of the molecule is CC\C=C/C=C\C=C/C=C\C=C/CCCC(=O)OCC(COC(=O)CCCCCCC/C=C\CCCCCCCCCCC)OC(=O)CCCCCCCCC/C=C\C/C=C\CCCCC. The van der Waals surface area contributed by atoms with Crippen LogP contribution in [0.25, 0.3) is 0 Å². The van der Waals surface area contributed by atoms with E-state index in [4.69, 9.17) is 14.2 Å². The second kappa shape index (κ2) is 53.9. The maximum absolute atomic E-state index is 12.8. The Morgan fingerprint density at radius 3 is 1.14 bits per heavy atom. The fourth-order valence-electron chi connectivity index (χ4n) is 7.32. The first-order valence-corrected chi connectivity index (χ1v) is 27.3. The summed E-state index contributed by atoms with van der Waals surface area (Å²) in [5.41, 5.74) is 0. The molecule has 0 aliphatic carbocycles. The maximum atomic E-state index is 12.8. The van der Waals surface area contributed by atoms with Crippen LogP contribution in [-0.2, 0) is 28.6 Å². The van der Waals surface area contributed by atoms with Gasteiger partial charge in [0.05, 0.1) is 0 Å². The molecule has 0 radical (unpaired) electrons. The zero-order valence-corrected chi connectivity index (χ0v) is 42.9. The molecule has 66 heavy (non-hydrogen) atoms. The van der Waals surface area contributed by atoms with Crippen LogP contribution < -0.4 is 0 Å². The van der Waals surface area contributed by atoms with Crippen molar-refractivity contribution < 1.29 is 28.6 Å². The Bertz CT molecular complexity index is 1330. The molecule has 0 bridgehead atoms. The molecule has 0 aliphatic rings. The van der Waals surface area contributed by atoms with Gasteiger partial charge < -0.3 is 14.2 Å². The number of hydrogen-bond acceptors (Lipinski definition) is 6. The van der Waals surface area contributed by atoms with Crippen molar-refractivity contribution >= 4 is 17.9 Å². The molecule has 6 heteroatoms. The molecule has 0 fully saturated rings. The predicted molar refractivity (Wildman–Crippen MR) is 284 cm³/mol. The molecule has 1 unspecified atom stereocenters. The van der Waals surface area contributed by atoms with Crippen molar-refractivity contribution in [3.05, 3.63) is 97.2 Å². The molecule has 0 aliphatic heterocycles. The second-order valence-corrected chi connectivity index (χ2v) is 17.9. The molecule has 0 aromatic carbocycles. The summed E-state index contributed by atoms with van der Waals surface area (Å²) in [4.78, 5) is 38.0. The van der Waals surface area contributed by atoms with Gasteiger partial charge in [-0.3, -0.25) is 14.4 Å². The Hall–Kier alpha value is -3.67. The number of allylic oxidation sites excluding steroid dienone is 16. The molecule has 0 heterocycles. The minimum Gasteiger partial charge on any atom is -0.462 e. The van der Waals surface area contributed by atoms with Gasteiger partial charge in [-0.15, -0.1) is 0 Å². The summed E-state index contributed by atoms with van der Waals surface area (Å²) >= 11 is 0. The van der Waals surface area contributed by atoms with Gasteiger partial charge in [-0.1, -0.05) is 234 Å². The summed E-state index contributed by atoms with van der Waals surface area (Å²) in [6, 6.07) is 0. The van der Waals surface area contributed by atoms with Crippen LogP contribution in [0, 0.1) is 0 Å². The number of unbranched alkanes of at least 4 members (excludes halogenated alkanes) is 25. The molecule has 0 saturated heterocycles. The lowest BCUT2D eigenvalue weighted by molar-refractivity contribution is -0.167. The van der Waals surface area contributed by atoms with E-state index in [2.05, 4.69) is 63.3 Å². The van der Waals surface area contributed by atoms with Crippen molar-refractivity contribution in [2.75, 3.05) is 13.2 Å². The Morgan fingerprint density at radius 2 is 0.667 bits per heavy atom. The van der Waals surface area contributed by atoms with Crippen LogP contribution in [0.4, 0.5) is 0 Å².